The largest absolute Gasteiger partial charge is 0.489 e. The van der Waals surface area contributed by atoms with Gasteiger partial charge in [-0.1, -0.05) is 11.6 Å². The molecule has 1 aromatic carbocycles. The molecule has 0 unspecified atom stereocenters. The van der Waals surface area contributed by atoms with Crippen LogP contribution in [0.2, 0.25) is 5.02 Å². The second-order valence-corrected chi connectivity index (χ2v) is 4.00. The maximum absolute atomic E-state index is 11.0. The fourth-order valence-electron chi connectivity index (χ4n) is 1.46. The quantitative estimate of drug-likeness (QED) is 0.680. The van der Waals surface area contributed by atoms with Crippen LogP contribution in [0, 0.1) is 10.1 Å². The first kappa shape index (κ1) is 13.8. The van der Waals surface area contributed by atoms with E-state index in [0.29, 0.717) is 0 Å². The van der Waals surface area contributed by atoms with Crippen LogP contribution in [-0.4, -0.2) is 22.0 Å². The van der Waals surface area contributed by atoms with E-state index >= 15 is 0 Å². The van der Waals surface area contributed by atoms with Crippen LogP contribution < -0.4 is 15.2 Å². The highest BCUT2D eigenvalue weighted by atomic mass is 35.5. The van der Waals surface area contributed by atoms with E-state index in [1.54, 1.807) is 0 Å². The van der Waals surface area contributed by atoms with Crippen molar-refractivity contribution in [3.63, 3.8) is 0 Å². The highest BCUT2D eigenvalue weighted by Gasteiger charge is 2.20. The van der Waals surface area contributed by atoms with Gasteiger partial charge in [-0.2, -0.15) is 4.98 Å². The summed E-state index contributed by atoms with van der Waals surface area (Å²) in [5.74, 6) is 0.104. The number of nitro benzene ring substituents is 1. The molecule has 2 rings (SSSR count). The minimum atomic E-state index is -0.613. The Hall–Kier alpha value is -2.61. The maximum Gasteiger partial charge on any atom is 0.313 e. The molecule has 0 aliphatic rings. The Bertz CT molecular complexity index is 665. The van der Waals surface area contributed by atoms with Crippen LogP contribution in [-0.2, 0) is 0 Å². The molecule has 0 fully saturated rings. The normalized spacial score (nSPS) is 10.1. The predicted octanol–water partition coefficient (Wildman–Crippen LogP) is 2.42. The van der Waals surface area contributed by atoms with E-state index in [4.69, 9.17) is 26.8 Å². The van der Waals surface area contributed by atoms with Crippen molar-refractivity contribution in [2.45, 2.75) is 0 Å². The zero-order valence-electron chi connectivity index (χ0n) is 10.2. The number of aromatic nitrogens is 2. The van der Waals surface area contributed by atoms with Gasteiger partial charge >= 0.3 is 5.69 Å². The number of hydrogen-bond donors (Lipinski definition) is 1. The molecular formula is C11H9ClN4O4. The maximum atomic E-state index is 11.0. The number of nitrogens with zero attached hydrogens (tertiary/aromatic N) is 3. The molecule has 20 heavy (non-hydrogen) atoms. The van der Waals surface area contributed by atoms with Gasteiger partial charge in [-0.05, 0) is 12.1 Å². The summed E-state index contributed by atoms with van der Waals surface area (Å²) in [4.78, 5) is 17.9. The standard InChI is InChI=1S/C11H9ClN4O4/c1-19-9-10(13)14-5-15-11(9)20-8-3-2-6(12)4-7(8)16(17)18/h2-5H,1H3,(H2,13,14,15). The van der Waals surface area contributed by atoms with Crippen LogP contribution in [0.15, 0.2) is 24.5 Å². The fraction of sp³-hybridized carbons (Fsp3) is 0.0909. The Kier molecular flexibility index (Phi) is 3.85. The van der Waals surface area contributed by atoms with Crippen molar-refractivity contribution in [3.05, 3.63) is 39.7 Å². The number of rotatable bonds is 4. The monoisotopic (exact) mass is 296 g/mol. The molecule has 0 bridgehead atoms. The molecule has 0 atom stereocenters. The lowest BCUT2D eigenvalue weighted by Crippen LogP contribution is -2.01. The first-order valence-electron chi connectivity index (χ1n) is 5.29. The van der Waals surface area contributed by atoms with Crippen molar-refractivity contribution in [1.29, 1.82) is 0 Å². The number of nitrogen functional groups attached to an aromatic ring is 1. The van der Waals surface area contributed by atoms with Crippen LogP contribution >= 0.6 is 11.6 Å². The summed E-state index contributed by atoms with van der Waals surface area (Å²) in [7, 11) is 1.36. The lowest BCUT2D eigenvalue weighted by molar-refractivity contribution is -0.385. The molecule has 104 valence electrons. The molecule has 9 heteroatoms. The van der Waals surface area contributed by atoms with Gasteiger partial charge in [0.25, 0.3) is 5.88 Å². The first-order valence-corrected chi connectivity index (χ1v) is 5.67. The number of halogens is 1. The minimum Gasteiger partial charge on any atom is -0.489 e. The van der Waals surface area contributed by atoms with Gasteiger partial charge in [0.1, 0.15) is 6.33 Å². The third-order valence-corrected chi connectivity index (χ3v) is 2.56. The molecule has 2 aromatic rings. The van der Waals surface area contributed by atoms with E-state index in [2.05, 4.69) is 9.97 Å². The lowest BCUT2D eigenvalue weighted by atomic mass is 10.3. The molecule has 0 amide bonds. The van der Waals surface area contributed by atoms with Gasteiger partial charge in [0, 0.05) is 11.1 Å². The number of ether oxygens (including phenoxy) is 2. The molecule has 8 nitrogen and oxygen atoms in total. The van der Waals surface area contributed by atoms with Crippen LogP contribution in [0.1, 0.15) is 0 Å². The topological polar surface area (TPSA) is 113 Å². The molecule has 1 heterocycles. The zero-order chi connectivity index (χ0) is 14.7. The average molecular weight is 297 g/mol. The Labute approximate surface area is 118 Å². The van der Waals surface area contributed by atoms with Crippen molar-refractivity contribution in [2.75, 3.05) is 12.8 Å². The molecule has 0 aliphatic heterocycles. The van der Waals surface area contributed by atoms with Gasteiger partial charge in [0.15, 0.2) is 5.82 Å². The average Bonchev–Trinajstić information content (AvgIpc) is 2.41. The Morgan fingerprint density at radius 3 is 2.80 bits per heavy atom. The summed E-state index contributed by atoms with van der Waals surface area (Å²) < 4.78 is 10.4. The van der Waals surface area contributed by atoms with E-state index in [9.17, 15) is 10.1 Å². The van der Waals surface area contributed by atoms with E-state index in [-0.39, 0.29) is 33.9 Å². The van der Waals surface area contributed by atoms with E-state index in [1.165, 1.54) is 25.3 Å². The third-order valence-electron chi connectivity index (χ3n) is 2.33. The summed E-state index contributed by atoms with van der Waals surface area (Å²) in [5.41, 5.74) is 5.30. The molecular weight excluding hydrogens is 288 g/mol. The number of benzene rings is 1. The molecule has 2 N–H and O–H groups in total. The van der Waals surface area contributed by atoms with Crippen LogP contribution in [0.25, 0.3) is 0 Å². The van der Waals surface area contributed by atoms with Crippen molar-refractivity contribution < 1.29 is 14.4 Å². The summed E-state index contributed by atoms with van der Waals surface area (Å²) >= 11 is 5.72. The number of nitrogens with two attached hydrogens (primary N) is 1. The van der Waals surface area contributed by atoms with E-state index in [0.717, 1.165) is 6.33 Å². The Morgan fingerprint density at radius 2 is 2.15 bits per heavy atom. The number of anilines is 1. The third kappa shape index (κ3) is 2.69. The number of methoxy groups -OCH3 is 1. The molecule has 0 saturated carbocycles. The highest BCUT2D eigenvalue weighted by molar-refractivity contribution is 6.30. The second-order valence-electron chi connectivity index (χ2n) is 3.57. The summed E-state index contributed by atoms with van der Waals surface area (Å²) in [6.07, 6.45) is 1.16. The fourth-order valence-corrected chi connectivity index (χ4v) is 1.62. The second kappa shape index (κ2) is 5.57. The van der Waals surface area contributed by atoms with Gasteiger partial charge < -0.3 is 15.2 Å². The van der Waals surface area contributed by atoms with E-state index < -0.39 is 4.92 Å². The number of nitro groups is 1. The summed E-state index contributed by atoms with van der Waals surface area (Å²) in [6.45, 7) is 0. The smallest absolute Gasteiger partial charge is 0.313 e. The lowest BCUT2D eigenvalue weighted by Gasteiger charge is -2.10. The van der Waals surface area contributed by atoms with Gasteiger partial charge in [-0.3, -0.25) is 10.1 Å². The van der Waals surface area contributed by atoms with Crippen molar-refractivity contribution in [2.24, 2.45) is 0 Å². The zero-order valence-corrected chi connectivity index (χ0v) is 11.0. The van der Waals surface area contributed by atoms with Crippen molar-refractivity contribution in [3.8, 4) is 17.4 Å². The van der Waals surface area contributed by atoms with Gasteiger partial charge in [-0.15, -0.1) is 0 Å². The highest BCUT2D eigenvalue weighted by Crippen LogP contribution is 2.37. The summed E-state index contributed by atoms with van der Waals surface area (Å²) in [6, 6.07) is 3.99. The summed E-state index contributed by atoms with van der Waals surface area (Å²) in [5, 5.41) is 11.2. The molecule has 0 saturated heterocycles. The Balaban J connectivity index is 2.45. The predicted molar refractivity (Wildman–Crippen MR) is 71.2 cm³/mol. The minimum absolute atomic E-state index is 0.0228. The first-order chi connectivity index (χ1) is 9.52. The number of hydrogen-bond acceptors (Lipinski definition) is 7. The molecule has 0 radical (unpaired) electrons. The van der Waals surface area contributed by atoms with Crippen molar-refractivity contribution >= 4 is 23.1 Å². The van der Waals surface area contributed by atoms with Crippen LogP contribution in [0.3, 0.4) is 0 Å². The van der Waals surface area contributed by atoms with Gasteiger partial charge in [0.2, 0.25) is 11.5 Å². The SMILES string of the molecule is COc1c(N)ncnc1Oc1ccc(Cl)cc1[N+](=O)[O-]. The molecule has 0 aliphatic carbocycles. The van der Waals surface area contributed by atoms with E-state index in [1.807, 2.05) is 0 Å². The molecule has 1 aromatic heterocycles. The van der Waals surface area contributed by atoms with Crippen LogP contribution in [0.4, 0.5) is 11.5 Å². The van der Waals surface area contributed by atoms with Gasteiger partial charge in [-0.25, -0.2) is 4.98 Å². The van der Waals surface area contributed by atoms with Gasteiger partial charge in [0.05, 0.1) is 12.0 Å². The Morgan fingerprint density at radius 1 is 1.40 bits per heavy atom. The van der Waals surface area contributed by atoms with Crippen LogP contribution in [0.5, 0.6) is 17.4 Å². The molecule has 0 spiro atoms. The van der Waals surface area contributed by atoms with Crippen molar-refractivity contribution in [1.82, 2.24) is 9.97 Å².